The Morgan fingerprint density at radius 2 is 1.81 bits per heavy atom. The number of aromatic hydroxyl groups is 1. The number of rotatable bonds is 10. The molecule has 31 heavy (non-hydrogen) atoms. The Bertz CT molecular complexity index is 800. The zero-order valence-electron chi connectivity index (χ0n) is 20.3. The zero-order chi connectivity index (χ0) is 23.2. The van der Waals surface area contributed by atoms with Crippen molar-refractivity contribution in [3.8, 4) is 11.5 Å². The second-order valence-electron chi connectivity index (χ2n) is 10.2. The van der Waals surface area contributed by atoms with Crippen molar-refractivity contribution in [1.82, 2.24) is 0 Å². The van der Waals surface area contributed by atoms with Crippen molar-refractivity contribution in [3.05, 3.63) is 46.6 Å². The number of phenols is 1. The van der Waals surface area contributed by atoms with Crippen LogP contribution in [-0.2, 0) is 6.42 Å². The van der Waals surface area contributed by atoms with Gasteiger partial charge in [0.1, 0.15) is 17.1 Å². The lowest BCUT2D eigenvalue weighted by Crippen LogP contribution is -2.36. The largest absolute Gasteiger partial charge is 0.508 e. The second-order valence-corrected chi connectivity index (χ2v) is 10.2. The van der Waals surface area contributed by atoms with Crippen LogP contribution in [0.25, 0.3) is 0 Å². The normalized spacial score (nSPS) is 20.9. The molecule has 1 heterocycles. The molecule has 3 N–H and O–H groups in total. The first-order valence-corrected chi connectivity index (χ1v) is 11.6. The molecule has 4 heteroatoms. The molecule has 0 aliphatic carbocycles. The first kappa shape index (κ1) is 25.5. The number of allylic oxidation sites excluding steroid dienone is 4. The number of hydrogen-bond acceptors (Lipinski definition) is 4. The highest BCUT2D eigenvalue weighted by Gasteiger charge is 2.32. The van der Waals surface area contributed by atoms with Gasteiger partial charge >= 0.3 is 0 Å². The number of ether oxygens (including phenoxy) is 1. The number of aryl methyl sites for hydroxylation is 2. The van der Waals surface area contributed by atoms with Crippen LogP contribution in [-0.4, -0.2) is 32.6 Å². The average Bonchev–Trinajstić information content (AvgIpc) is 2.66. The van der Waals surface area contributed by atoms with Crippen molar-refractivity contribution in [2.45, 2.75) is 110 Å². The number of hydrogen-bond donors (Lipinski definition) is 3. The molecular formula is C27H42O4. The molecule has 0 fully saturated rings. The Kier molecular flexibility index (Phi) is 8.79. The van der Waals surface area contributed by atoms with E-state index in [9.17, 15) is 15.3 Å². The summed E-state index contributed by atoms with van der Waals surface area (Å²) in [7, 11) is 0. The second kappa shape index (κ2) is 10.7. The molecule has 2 rings (SSSR count). The topological polar surface area (TPSA) is 69.9 Å². The van der Waals surface area contributed by atoms with E-state index in [2.05, 4.69) is 32.9 Å². The van der Waals surface area contributed by atoms with Crippen molar-refractivity contribution in [2.24, 2.45) is 0 Å². The summed E-state index contributed by atoms with van der Waals surface area (Å²) in [5.41, 5.74) is 3.56. The van der Waals surface area contributed by atoms with Gasteiger partial charge in [-0.05, 0) is 116 Å². The monoisotopic (exact) mass is 430 g/mol. The summed E-state index contributed by atoms with van der Waals surface area (Å²) in [6.45, 7) is 11.8. The van der Waals surface area contributed by atoms with E-state index < -0.39 is 11.7 Å². The lowest BCUT2D eigenvalue weighted by atomic mass is 9.87. The highest BCUT2D eigenvalue weighted by Crippen LogP contribution is 2.39. The van der Waals surface area contributed by atoms with Gasteiger partial charge in [-0.1, -0.05) is 23.3 Å². The van der Waals surface area contributed by atoms with Gasteiger partial charge in [0.25, 0.3) is 0 Å². The predicted molar refractivity (Wildman–Crippen MR) is 128 cm³/mol. The molecule has 0 aromatic heterocycles. The van der Waals surface area contributed by atoms with Gasteiger partial charge < -0.3 is 20.1 Å². The smallest absolute Gasteiger partial charge is 0.126 e. The Hall–Kier alpha value is -1.78. The third-order valence-electron chi connectivity index (χ3n) is 6.43. The summed E-state index contributed by atoms with van der Waals surface area (Å²) in [4.78, 5) is 0. The molecule has 1 aliphatic rings. The molecule has 2 atom stereocenters. The highest BCUT2D eigenvalue weighted by atomic mass is 16.5. The van der Waals surface area contributed by atoms with Crippen LogP contribution >= 0.6 is 0 Å². The molecule has 0 spiro atoms. The first-order valence-electron chi connectivity index (χ1n) is 11.6. The minimum Gasteiger partial charge on any atom is -0.508 e. The SMILES string of the molecule is C/C(=C\CC[C@]1(C)CCc2cc(O)cc(C)c2O1)CC/C=C(\C)CCC(O)C(C)(C)O. The van der Waals surface area contributed by atoms with E-state index in [1.165, 1.54) is 11.1 Å². The minimum absolute atomic E-state index is 0.163. The third kappa shape index (κ3) is 8.01. The maximum absolute atomic E-state index is 9.95. The van der Waals surface area contributed by atoms with Crippen molar-refractivity contribution in [3.63, 3.8) is 0 Å². The van der Waals surface area contributed by atoms with Crippen LogP contribution in [0.15, 0.2) is 35.4 Å². The van der Waals surface area contributed by atoms with Crippen molar-refractivity contribution in [1.29, 1.82) is 0 Å². The van der Waals surface area contributed by atoms with E-state index in [4.69, 9.17) is 4.74 Å². The van der Waals surface area contributed by atoms with Gasteiger partial charge in [0.15, 0.2) is 0 Å². The van der Waals surface area contributed by atoms with Gasteiger partial charge in [0.2, 0.25) is 0 Å². The number of fused-ring (bicyclic) bond motifs is 1. The number of aliphatic hydroxyl groups is 2. The summed E-state index contributed by atoms with van der Waals surface area (Å²) in [6, 6.07) is 3.60. The van der Waals surface area contributed by atoms with E-state index in [1.807, 2.05) is 13.0 Å². The number of benzene rings is 1. The van der Waals surface area contributed by atoms with Crippen molar-refractivity contribution in [2.75, 3.05) is 0 Å². The fourth-order valence-corrected chi connectivity index (χ4v) is 4.12. The van der Waals surface area contributed by atoms with Gasteiger partial charge in [0, 0.05) is 0 Å². The standard InChI is InChI=1S/C27H42O4/c1-19(9-7-10-20(2)12-13-24(29)26(4,5)30)11-8-15-27(6)16-14-22-18-23(28)17-21(3)25(22)31-27/h10-11,17-18,24,28-30H,7-9,12-16H2,1-6H3/b19-11+,20-10+/t24?,27-/m1/s1. The van der Waals surface area contributed by atoms with Crippen molar-refractivity contribution < 1.29 is 20.1 Å². The highest BCUT2D eigenvalue weighted by molar-refractivity contribution is 5.47. The van der Waals surface area contributed by atoms with Crippen LogP contribution in [0.3, 0.4) is 0 Å². The molecule has 1 aromatic carbocycles. The summed E-state index contributed by atoms with van der Waals surface area (Å²) < 4.78 is 6.38. The Balaban J connectivity index is 1.77. The Labute approximate surface area is 188 Å². The first-order chi connectivity index (χ1) is 14.4. The van der Waals surface area contributed by atoms with E-state index in [1.54, 1.807) is 19.9 Å². The van der Waals surface area contributed by atoms with Gasteiger partial charge in [0.05, 0.1) is 11.7 Å². The molecule has 1 aliphatic heterocycles. The van der Waals surface area contributed by atoms with Gasteiger partial charge in [-0.2, -0.15) is 0 Å². The minimum atomic E-state index is -1.04. The summed E-state index contributed by atoms with van der Waals surface area (Å²) in [5.74, 6) is 1.27. The summed E-state index contributed by atoms with van der Waals surface area (Å²) >= 11 is 0. The van der Waals surface area contributed by atoms with E-state index in [0.717, 1.165) is 61.8 Å². The van der Waals surface area contributed by atoms with Crippen LogP contribution in [0, 0.1) is 6.92 Å². The predicted octanol–water partition coefficient (Wildman–Crippen LogP) is 6.15. The number of aliphatic hydroxyl groups excluding tert-OH is 1. The quantitative estimate of drug-likeness (QED) is 0.389. The van der Waals surface area contributed by atoms with Gasteiger partial charge in [-0.15, -0.1) is 0 Å². The Morgan fingerprint density at radius 3 is 2.48 bits per heavy atom. The summed E-state index contributed by atoms with van der Waals surface area (Å²) in [5, 5.41) is 29.6. The maximum atomic E-state index is 9.95. The third-order valence-corrected chi connectivity index (χ3v) is 6.43. The average molecular weight is 431 g/mol. The molecule has 1 aromatic rings. The molecule has 0 saturated carbocycles. The van der Waals surface area contributed by atoms with E-state index in [-0.39, 0.29) is 5.60 Å². The molecule has 0 radical (unpaired) electrons. The van der Waals surface area contributed by atoms with Gasteiger partial charge in [-0.25, -0.2) is 0 Å². The fraction of sp³-hybridized carbons (Fsp3) is 0.630. The van der Waals surface area contributed by atoms with Crippen molar-refractivity contribution >= 4 is 0 Å². The molecule has 0 saturated heterocycles. The summed E-state index contributed by atoms with van der Waals surface area (Å²) in [6.07, 6.45) is 11.2. The van der Waals surface area contributed by atoms with E-state index >= 15 is 0 Å². The van der Waals surface area contributed by atoms with Crippen LogP contribution < -0.4 is 4.74 Å². The van der Waals surface area contributed by atoms with Crippen LogP contribution in [0.2, 0.25) is 0 Å². The fourth-order valence-electron chi connectivity index (χ4n) is 4.12. The van der Waals surface area contributed by atoms with Gasteiger partial charge in [-0.3, -0.25) is 0 Å². The lowest BCUT2D eigenvalue weighted by molar-refractivity contribution is -0.0509. The number of phenolic OH excluding ortho intramolecular Hbond substituents is 1. The van der Waals surface area contributed by atoms with Crippen LogP contribution in [0.5, 0.6) is 11.5 Å². The zero-order valence-corrected chi connectivity index (χ0v) is 20.3. The Morgan fingerprint density at radius 1 is 1.16 bits per heavy atom. The molecule has 0 amide bonds. The molecular weight excluding hydrogens is 388 g/mol. The molecule has 0 bridgehead atoms. The van der Waals surface area contributed by atoms with Crippen LogP contribution in [0.4, 0.5) is 0 Å². The lowest BCUT2D eigenvalue weighted by Gasteiger charge is -2.36. The molecule has 174 valence electrons. The molecule has 4 nitrogen and oxygen atoms in total. The molecule has 1 unspecified atom stereocenters. The van der Waals surface area contributed by atoms with E-state index in [0.29, 0.717) is 12.2 Å². The maximum Gasteiger partial charge on any atom is 0.126 e. The van der Waals surface area contributed by atoms with Crippen LogP contribution in [0.1, 0.15) is 90.7 Å².